The molecule has 6 heteroatoms. The first-order valence-electron chi connectivity index (χ1n) is 9.72. The molecule has 6 nitrogen and oxygen atoms in total. The van der Waals surface area contributed by atoms with Gasteiger partial charge in [0.1, 0.15) is 5.69 Å². The predicted molar refractivity (Wildman–Crippen MR) is 116 cm³/mol. The van der Waals surface area contributed by atoms with Crippen LogP contribution in [0.3, 0.4) is 0 Å². The van der Waals surface area contributed by atoms with Crippen molar-refractivity contribution in [3.63, 3.8) is 0 Å². The number of nitrogens with zero attached hydrogens (tertiary/aromatic N) is 5. The lowest BCUT2D eigenvalue weighted by molar-refractivity contribution is 0.0927. The maximum atomic E-state index is 11.8. The molecule has 146 valence electrons. The van der Waals surface area contributed by atoms with Gasteiger partial charge in [0.25, 0.3) is 0 Å². The summed E-state index contributed by atoms with van der Waals surface area (Å²) >= 11 is 0. The van der Waals surface area contributed by atoms with E-state index in [0.717, 1.165) is 39.0 Å². The summed E-state index contributed by atoms with van der Waals surface area (Å²) in [7, 11) is 0. The number of fused-ring (bicyclic) bond motifs is 1. The number of benzene rings is 3. The van der Waals surface area contributed by atoms with Crippen LogP contribution in [0.5, 0.6) is 0 Å². The van der Waals surface area contributed by atoms with Gasteiger partial charge in [-0.3, -0.25) is 4.79 Å². The van der Waals surface area contributed by atoms with E-state index in [1.807, 2.05) is 59.3 Å². The Morgan fingerprint density at radius 3 is 2.37 bits per heavy atom. The lowest BCUT2D eigenvalue weighted by atomic mass is 10.0. The van der Waals surface area contributed by atoms with Crippen LogP contribution in [0.25, 0.3) is 33.4 Å². The molecule has 0 saturated carbocycles. The maximum absolute atomic E-state index is 11.8. The average Bonchev–Trinajstić information content (AvgIpc) is 3.39. The van der Waals surface area contributed by atoms with Gasteiger partial charge < -0.3 is 0 Å². The molecule has 5 aromatic rings. The molecule has 0 aliphatic carbocycles. The van der Waals surface area contributed by atoms with Crippen molar-refractivity contribution in [1.82, 2.24) is 24.8 Å². The van der Waals surface area contributed by atoms with Gasteiger partial charge in [0, 0.05) is 23.4 Å². The first-order chi connectivity index (χ1) is 14.7. The monoisotopic (exact) mass is 393 g/mol. The summed E-state index contributed by atoms with van der Waals surface area (Å²) < 4.78 is 3.34. The van der Waals surface area contributed by atoms with E-state index in [0.29, 0.717) is 6.54 Å². The summed E-state index contributed by atoms with van der Waals surface area (Å²) in [5.41, 5.74) is 5.68. The summed E-state index contributed by atoms with van der Waals surface area (Å²) in [4.78, 5) is 11.8. The van der Waals surface area contributed by atoms with Crippen molar-refractivity contribution in [3.8, 4) is 22.5 Å². The van der Waals surface area contributed by atoms with Crippen molar-refractivity contribution in [2.45, 2.75) is 13.5 Å². The van der Waals surface area contributed by atoms with Crippen LogP contribution in [0.15, 0.2) is 85.1 Å². The van der Waals surface area contributed by atoms with Crippen molar-refractivity contribution in [2.75, 3.05) is 0 Å². The fraction of sp³-hybridized carbons (Fsp3) is 0.0833. The minimum Gasteiger partial charge on any atom is -0.273 e. The molecule has 0 fully saturated rings. The fourth-order valence-corrected chi connectivity index (χ4v) is 3.69. The minimum atomic E-state index is -0.114. The Hall–Kier alpha value is -4.06. The van der Waals surface area contributed by atoms with Crippen LogP contribution in [-0.4, -0.2) is 30.7 Å². The van der Waals surface area contributed by atoms with Gasteiger partial charge >= 0.3 is 0 Å². The molecule has 30 heavy (non-hydrogen) atoms. The summed E-state index contributed by atoms with van der Waals surface area (Å²) in [5.74, 6) is -0.114. The van der Waals surface area contributed by atoms with Crippen molar-refractivity contribution in [3.05, 3.63) is 90.6 Å². The summed E-state index contributed by atoms with van der Waals surface area (Å²) in [6, 6.07) is 26.2. The minimum absolute atomic E-state index is 0.114. The second kappa shape index (κ2) is 7.40. The van der Waals surface area contributed by atoms with Gasteiger partial charge in [-0.15, -0.1) is 5.10 Å². The molecule has 3 aromatic carbocycles. The zero-order valence-corrected chi connectivity index (χ0v) is 16.4. The second-order valence-corrected chi connectivity index (χ2v) is 7.14. The molecule has 0 saturated heterocycles. The van der Waals surface area contributed by atoms with Gasteiger partial charge in [0.15, 0.2) is 0 Å². The van der Waals surface area contributed by atoms with E-state index in [1.165, 1.54) is 11.6 Å². The van der Waals surface area contributed by atoms with Crippen molar-refractivity contribution in [2.24, 2.45) is 0 Å². The van der Waals surface area contributed by atoms with Gasteiger partial charge in [-0.25, -0.2) is 9.36 Å². The maximum Gasteiger partial charge on any atom is 0.244 e. The Morgan fingerprint density at radius 2 is 1.63 bits per heavy atom. The highest BCUT2D eigenvalue weighted by Gasteiger charge is 2.18. The van der Waals surface area contributed by atoms with Crippen LogP contribution in [0.4, 0.5) is 0 Å². The van der Waals surface area contributed by atoms with E-state index in [9.17, 15) is 4.79 Å². The van der Waals surface area contributed by atoms with E-state index >= 15 is 0 Å². The van der Waals surface area contributed by atoms with E-state index in [1.54, 1.807) is 6.20 Å². The normalized spacial score (nSPS) is 11.1. The molecule has 0 radical (unpaired) electrons. The Morgan fingerprint density at radius 1 is 0.900 bits per heavy atom. The Labute approximate surface area is 173 Å². The smallest absolute Gasteiger partial charge is 0.244 e. The average molecular weight is 393 g/mol. The molecule has 0 atom stereocenters. The lowest BCUT2D eigenvalue weighted by Crippen LogP contribution is -2.06. The third-order valence-electron chi connectivity index (χ3n) is 5.10. The van der Waals surface area contributed by atoms with Crippen molar-refractivity contribution in [1.29, 1.82) is 0 Å². The van der Waals surface area contributed by atoms with Gasteiger partial charge in [-0.1, -0.05) is 71.9 Å². The summed E-state index contributed by atoms with van der Waals surface area (Å²) in [6.07, 6.45) is 1.71. The summed E-state index contributed by atoms with van der Waals surface area (Å²) in [5, 5.41) is 14.1. The lowest BCUT2D eigenvalue weighted by Gasteiger charge is -2.09. The molecule has 0 unspecified atom stereocenters. The molecule has 0 bridgehead atoms. The molecule has 0 spiro atoms. The number of carbonyl (C=O) groups excluding carboxylic acids is 1. The fourth-order valence-electron chi connectivity index (χ4n) is 3.69. The molecule has 5 rings (SSSR count). The van der Waals surface area contributed by atoms with E-state index < -0.39 is 0 Å². The van der Waals surface area contributed by atoms with Crippen LogP contribution in [-0.2, 0) is 6.54 Å². The molecule has 0 aliphatic rings. The van der Waals surface area contributed by atoms with Gasteiger partial charge in [0.05, 0.1) is 24.0 Å². The second-order valence-electron chi connectivity index (χ2n) is 7.14. The molecular formula is C24H19N5O. The van der Waals surface area contributed by atoms with Crippen LogP contribution in [0.1, 0.15) is 17.3 Å². The van der Waals surface area contributed by atoms with Crippen molar-refractivity contribution >= 4 is 16.8 Å². The van der Waals surface area contributed by atoms with Gasteiger partial charge in [-0.2, -0.15) is 5.10 Å². The number of carbonyl (C=O) groups is 1. The first kappa shape index (κ1) is 18.0. The van der Waals surface area contributed by atoms with E-state index in [4.69, 9.17) is 0 Å². The van der Waals surface area contributed by atoms with Crippen molar-refractivity contribution < 1.29 is 4.79 Å². The Kier molecular flexibility index (Phi) is 4.44. The topological polar surface area (TPSA) is 65.6 Å². The Bertz CT molecular complexity index is 1340. The molecule has 0 aliphatic heterocycles. The number of aromatic nitrogens is 5. The van der Waals surface area contributed by atoms with E-state index in [-0.39, 0.29) is 5.91 Å². The van der Waals surface area contributed by atoms with Gasteiger partial charge in [-0.05, 0) is 17.7 Å². The molecule has 0 N–H and O–H groups in total. The highest BCUT2D eigenvalue weighted by Crippen LogP contribution is 2.32. The number of hydrogen-bond donors (Lipinski definition) is 0. The third kappa shape index (κ3) is 3.18. The zero-order chi connectivity index (χ0) is 20.5. The quantitative estimate of drug-likeness (QED) is 0.445. The highest BCUT2D eigenvalue weighted by molar-refractivity contribution is 5.92. The third-order valence-corrected chi connectivity index (χ3v) is 5.10. The predicted octanol–water partition coefficient (Wildman–Crippen LogP) is 4.67. The zero-order valence-electron chi connectivity index (χ0n) is 16.4. The molecular weight excluding hydrogens is 374 g/mol. The number of hydrogen-bond acceptors (Lipinski definition) is 4. The highest BCUT2D eigenvalue weighted by atomic mass is 16.2. The molecule has 2 aromatic heterocycles. The van der Waals surface area contributed by atoms with Crippen LogP contribution in [0, 0.1) is 0 Å². The SMILES string of the molecule is CC(=O)n1ncc2cc(-c3nnn(Cc4ccccc4)c3-c3ccccc3)ccc21. The van der Waals surface area contributed by atoms with Crippen LogP contribution >= 0.6 is 0 Å². The molecule has 2 heterocycles. The standard InChI is InChI=1S/C24H19N5O/c1-17(30)29-22-13-12-20(14-21(22)15-25-29)23-24(19-10-6-3-7-11-19)28(27-26-23)16-18-8-4-2-5-9-18/h2-15H,16H2,1H3. The van der Waals surface area contributed by atoms with Gasteiger partial charge in [0.2, 0.25) is 5.91 Å². The summed E-state index contributed by atoms with van der Waals surface area (Å²) in [6.45, 7) is 2.13. The first-order valence-corrected chi connectivity index (χ1v) is 9.72. The van der Waals surface area contributed by atoms with Crippen LogP contribution < -0.4 is 0 Å². The Balaban J connectivity index is 1.65. The molecule has 0 amide bonds. The largest absolute Gasteiger partial charge is 0.273 e. The van der Waals surface area contributed by atoms with E-state index in [2.05, 4.69) is 39.7 Å². The van der Waals surface area contributed by atoms with Crippen LogP contribution in [0.2, 0.25) is 0 Å². The number of rotatable bonds is 4.